The van der Waals surface area contributed by atoms with Crippen LogP contribution in [0, 0.1) is 6.92 Å². The van der Waals surface area contributed by atoms with E-state index in [1.54, 1.807) is 7.11 Å². The van der Waals surface area contributed by atoms with Crippen LogP contribution in [0.1, 0.15) is 43.7 Å². The summed E-state index contributed by atoms with van der Waals surface area (Å²) in [7, 11) is 1.80. The van der Waals surface area contributed by atoms with Gasteiger partial charge in [-0.2, -0.15) is 0 Å². The van der Waals surface area contributed by atoms with Gasteiger partial charge in [-0.25, -0.2) is 0 Å². The Labute approximate surface area is 176 Å². The van der Waals surface area contributed by atoms with Crippen molar-refractivity contribution < 1.29 is 9.47 Å². The fraction of sp³-hybridized carbons (Fsp3) is 0.696. The van der Waals surface area contributed by atoms with Crippen LogP contribution in [0.2, 0.25) is 0 Å². The van der Waals surface area contributed by atoms with Gasteiger partial charge in [-0.15, -0.1) is 0 Å². The van der Waals surface area contributed by atoms with Crippen LogP contribution in [-0.4, -0.2) is 69.0 Å². The number of likely N-dealkylation sites (tertiary alicyclic amines) is 1. The Bertz CT molecular complexity index is 650. The minimum atomic E-state index is -0.183. The molecule has 0 radical (unpaired) electrons. The summed E-state index contributed by atoms with van der Waals surface area (Å²) in [5, 5.41) is 7.07. The number of nitrogens with zero attached hydrogens (tertiary/aromatic N) is 2. The first-order chi connectivity index (χ1) is 14.1. The largest absolute Gasteiger partial charge is 0.381 e. The van der Waals surface area contributed by atoms with E-state index in [9.17, 15) is 0 Å². The van der Waals surface area contributed by atoms with Crippen molar-refractivity contribution in [1.82, 2.24) is 15.5 Å². The lowest BCUT2D eigenvalue weighted by molar-refractivity contribution is -0.0828. The van der Waals surface area contributed by atoms with E-state index in [-0.39, 0.29) is 5.60 Å². The summed E-state index contributed by atoms with van der Waals surface area (Å²) in [5.41, 5.74) is 2.64. The van der Waals surface area contributed by atoms with Crippen LogP contribution < -0.4 is 10.6 Å². The Morgan fingerprint density at radius 1 is 1.24 bits per heavy atom. The van der Waals surface area contributed by atoms with Crippen molar-refractivity contribution >= 4 is 5.96 Å². The van der Waals surface area contributed by atoms with Gasteiger partial charge in [0.05, 0.1) is 12.1 Å². The van der Waals surface area contributed by atoms with Crippen molar-refractivity contribution in [3.05, 3.63) is 35.4 Å². The molecular formula is C23H38N4O2. The normalized spacial score (nSPS) is 21.1. The zero-order valence-corrected chi connectivity index (χ0v) is 18.4. The van der Waals surface area contributed by atoms with Gasteiger partial charge >= 0.3 is 0 Å². The highest BCUT2D eigenvalue weighted by atomic mass is 16.5. The summed E-state index contributed by atoms with van der Waals surface area (Å²) in [6.07, 6.45) is 4.09. The zero-order valence-electron chi connectivity index (χ0n) is 18.4. The van der Waals surface area contributed by atoms with E-state index in [1.165, 1.54) is 11.1 Å². The number of ether oxygens (including phenoxy) is 2. The third-order valence-electron chi connectivity index (χ3n) is 6.29. The number of guanidine groups is 1. The van der Waals surface area contributed by atoms with Gasteiger partial charge in [0.2, 0.25) is 0 Å². The van der Waals surface area contributed by atoms with Gasteiger partial charge in [-0.1, -0.05) is 24.3 Å². The number of methoxy groups -OCH3 is 1. The summed E-state index contributed by atoms with van der Waals surface area (Å²) < 4.78 is 11.3. The molecule has 0 amide bonds. The van der Waals surface area contributed by atoms with Crippen molar-refractivity contribution in [1.29, 1.82) is 0 Å². The number of rotatable bonds is 7. The van der Waals surface area contributed by atoms with Gasteiger partial charge < -0.3 is 20.1 Å². The van der Waals surface area contributed by atoms with Crippen LogP contribution in [-0.2, 0) is 16.0 Å². The van der Waals surface area contributed by atoms with Crippen LogP contribution in [0.25, 0.3) is 0 Å². The molecule has 1 aromatic rings. The fourth-order valence-corrected chi connectivity index (χ4v) is 4.17. The summed E-state index contributed by atoms with van der Waals surface area (Å²) in [6.45, 7) is 10.6. The van der Waals surface area contributed by atoms with Gasteiger partial charge in [0.15, 0.2) is 5.96 Å². The van der Waals surface area contributed by atoms with E-state index in [0.29, 0.717) is 12.6 Å². The first-order valence-corrected chi connectivity index (χ1v) is 11.1. The summed E-state index contributed by atoms with van der Waals surface area (Å²) >= 11 is 0. The van der Waals surface area contributed by atoms with Crippen LogP contribution in [0.5, 0.6) is 0 Å². The molecule has 2 N–H and O–H groups in total. The Hall–Kier alpha value is -1.63. The lowest BCUT2D eigenvalue weighted by atomic mass is 9.94. The average molecular weight is 403 g/mol. The maximum absolute atomic E-state index is 5.83. The van der Waals surface area contributed by atoms with Crippen molar-refractivity contribution in [3.63, 3.8) is 0 Å². The van der Waals surface area contributed by atoms with E-state index >= 15 is 0 Å². The topological polar surface area (TPSA) is 58.1 Å². The van der Waals surface area contributed by atoms with Gasteiger partial charge in [-0.05, 0) is 37.8 Å². The second-order valence-corrected chi connectivity index (χ2v) is 8.32. The van der Waals surface area contributed by atoms with E-state index in [0.717, 1.165) is 71.0 Å². The van der Waals surface area contributed by atoms with Gasteiger partial charge in [0.1, 0.15) is 0 Å². The minimum Gasteiger partial charge on any atom is -0.381 e. The molecule has 1 aromatic carbocycles. The lowest BCUT2D eigenvalue weighted by Crippen LogP contribution is -2.49. The Kier molecular flexibility index (Phi) is 8.33. The predicted octanol–water partition coefficient (Wildman–Crippen LogP) is 2.71. The first kappa shape index (κ1) is 22.1. The molecule has 0 spiro atoms. The quantitative estimate of drug-likeness (QED) is 0.543. The van der Waals surface area contributed by atoms with Crippen molar-refractivity contribution in [2.75, 3.05) is 46.5 Å². The number of nitrogens with one attached hydrogen (secondary N) is 2. The summed E-state index contributed by atoms with van der Waals surface area (Å²) in [5.74, 6) is 0.910. The highest BCUT2D eigenvalue weighted by molar-refractivity contribution is 5.80. The lowest BCUT2D eigenvalue weighted by Gasteiger charge is -2.35. The molecule has 3 rings (SSSR count). The Balaban J connectivity index is 1.50. The molecule has 0 saturated carbocycles. The molecule has 162 valence electrons. The molecule has 0 aliphatic carbocycles. The van der Waals surface area contributed by atoms with Crippen LogP contribution in [0.3, 0.4) is 0 Å². The predicted molar refractivity (Wildman–Crippen MR) is 118 cm³/mol. The molecule has 2 aliphatic rings. The molecule has 0 atom stereocenters. The Morgan fingerprint density at radius 3 is 2.62 bits per heavy atom. The third-order valence-corrected chi connectivity index (χ3v) is 6.29. The number of aliphatic imine (C=N–C) groups is 1. The van der Waals surface area contributed by atoms with Gasteiger partial charge in [0, 0.05) is 65.4 Å². The van der Waals surface area contributed by atoms with Gasteiger partial charge in [-0.3, -0.25) is 9.89 Å². The average Bonchev–Trinajstić information content (AvgIpc) is 2.76. The van der Waals surface area contributed by atoms with Crippen molar-refractivity contribution in [2.45, 2.75) is 57.7 Å². The molecule has 6 nitrogen and oxygen atoms in total. The molecule has 2 saturated heterocycles. The highest BCUT2D eigenvalue weighted by Crippen LogP contribution is 2.24. The van der Waals surface area contributed by atoms with E-state index in [2.05, 4.69) is 53.6 Å². The molecule has 2 heterocycles. The zero-order chi connectivity index (χ0) is 20.5. The molecule has 0 aromatic heterocycles. The van der Waals surface area contributed by atoms with Crippen LogP contribution >= 0.6 is 0 Å². The van der Waals surface area contributed by atoms with E-state index in [4.69, 9.17) is 14.5 Å². The molecule has 29 heavy (non-hydrogen) atoms. The van der Waals surface area contributed by atoms with Gasteiger partial charge in [0.25, 0.3) is 0 Å². The number of hydrogen-bond donors (Lipinski definition) is 2. The van der Waals surface area contributed by atoms with E-state index < -0.39 is 0 Å². The maximum atomic E-state index is 5.83. The Morgan fingerprint density at radius 2 is 1.97 bits per heavy atom. The maximum Gasteiger partial charge on any atom is 0.191 e. The standard InChI is InChI=1S/C23H38N4O2/c1-4-24-22(25-18-23(28-3)11-15-29-16-12-23)26-21-9-13-27(14-10-21)17-20-8-6-5-7-19(20)2/h5-8,21H,4,9-18H2,1-3H3,(H2,24,25,26). The van der Waals surface area contributed by atoms with Crippen LogP contribution in [0.4, 0.5) is 0 Å². The smallest absolute Gasteiger partial charge is 0.191 e. The third kappa shape index (κ3) is 6.43. The molecule has 6 heteroatoms. The fourth-order valence-electron chi connectivity index (χ4n) is 4.17. The molecular weight excluding hydrogens is 364 g/mol. The summed E-state index contributed by atoms with van der Waals surface area (Å²) in [6, 6.07) is 9.17. The monoisotopic (exact) mass is 402 g/mol. The number of benzene rings is 1. The SMILES string of the molecule is CCNC(=NCC1(OC)CCOCC1)NC1CCN(Cc2ccccc2C)CC1. The first-order valence-electron chi connectivity index (χ1n) is 11.1. The number of aryl methyl sites for hydroxylation is 1. The molecule has 2 aliphatic heterocycles. The number of piperidine rings is 1. The second kappa shape index (κ2) is 11.0. The highest BCUT2D eigenvalue weighted by Gasteiger charge is 2.32. The number of hydrogen-bond acceptors (Lipinski definition) is 4. The molecule has 0 bridgehead atoms. The minimum absolute atomic E-state index is 0.183. The van der Waals surface area contributed by atoms with Crippen molar-refractivity contribution in [2.24, 2.45) is 4.99 Å². The van der Waals surface area contributed by atoms with E-state index in [1.807, 2.05) is 0 Å². The van der Waals surface area contributed by atoms with Crippen LogP contribution in [0.15, 0.2) is 29.3 Å². The summed E-state index contributed by atoms with van der Waals surface area (Å²) in [4.78, 5) is 7.43. The molecule has 2 fully saturated rings. The molecule has 0 unspecified atom stereocenters. The van der Waals surface area contributed by atoms with Crippen molar-refractivity contribution in [3.8, 4) is 0 Å². The second-order valence-electron chi connectivity index (χ2n) is 8.32.